The molecule has 0 aliphatic carbocycles. The highest BCUT2D eigenvalue weighted by Crippen LogP contribution is 2.15. The van der Waals surface area contributed by atoms with E-state index in [0.717, 1.165) is 38.9 Å². The van der Waals surface area contributed by atoms with Gasteiger partial charge >= 0.3 is 12.1 Å². The molecule has 7 rings (SSSR count). The van der Waals surface area contributed by atoms with Crippen molar-refractivity contribution in [3.8, 4) is 0 Å². The van der Waals surface area contributed by atoms with Gasteiger partial charge in [-0.05, 0) is 124 Å². The van der Waals surface area contributed by atoms with Gasteiger partial charge in [0.05, 0.1) is 42.8 Å². The Morgan fingerprint density at radius 1 is 0.390 bits per heavy atom. The lowest BCUT2D eigenvalue weighted by atomic mass is 10.0. The minimum atomic E-state index is -4.17. The smallest absolute Gasteiger partial charge is 0.408 e. The first-order chi connectivity index (χ1) is 58.3. The number of amides is 7. The van der Waals surface area contributed by atoms with Gasteiger partial charge in [-0.25, -0.2) is 17.9 Å². The fourth-order valence-electron chi connectivity index (χ4n) is 11.3. The zero-order valence-corrected chi connectivity index (χ0v) is 74.6. The van der Waals surface area contributed by atoms with Gasteiger partial charge in [0, 0.05) is 58.2 Å². The number of sulfonamides is 1. The second-order valence-electron chi connectivity index (χ2n) is 30.6. The molecular weight excluding hydrogens is 1660 g/mol. The standard InChI is InChI=1S/C30H43N3O7S.C25H34N2O5S.C20H24N2O5S.C14H22N2O4S/c1-22(2)21-39-41(37,38)18-12-17-31-27(34)25(19-23-13-8-6-9-14-23)32-28(35)26(20-24-15-10-7-11-16-24)33-29(36)40-30(3,4)5;1-20(2)19-32-33(30,31)17-9-16-26-25(29)23(18-22-12-7-4-8-13-22)27-24(28)15-14-21-10-5-3-6-11-21;23-19(12-11-16-7-3-1-4-8-16)22-18(15-17-9-5-2-6-10-17)20(24)21-13-14-28(25,26)27;1-2-20-14(17)13(11-12-7-4-3-5-8-12)16-21(18,19)10-6-9-15/h6-11,13-16,22,25-26H,12,17-21H2,1-5H3,(H,31,34)(H,32,35)(H,33,36);3-8,10-13,20,23H,9,14-19H2,1-2H3,(H,26,29)(H,27,28);1-10,18H,11-15H2,(H,21,24)(H,22,23)(H,25,26,27);3-5,7-8,13,16H,2,6,9-11,15H2,1H3/t25-,26+;23-;;13-/m10.0/s1. The van der Waals surface area contributed by atoms with Crippen molar-refractivity contribution in [3.63, 3.8) is 0 Å². The Morgan fingerprint density at radius 2 is 0.699 bits per heavy atom. The van der Waals surface area contributed by atoms with Gasteiger partial charge in [-0.2, -0.15) is 25.3 Å². The molecule has 7 aromatic rings. The van der Waals surface area contributed by atoms with Crippen LogP contribution >= 0.6 is 0 Å². The largest absolute Gasteiger partial charge is 0.465 e. The third kappa shape index (κ3) is 49.6. The number of hydrogen-bond donors (Lipinski definition) is 10. The molecule has 0 saturated heterocycles. The quantitative estimate of drug-likeness (QED) is 0.00747. The van der Waals surface area contributed by atoms with E-state index in [1.165, 1.54) is 0 Å². The van der Waals surface area contributed by atoms with Gasteiger partial charge in [0.25, 0.3) is 30.4 Å². The molecule has 0 fully saturated rings. The molecule has 34 heteroatoms. The molecule has 0 aliphatic rings. The Labute approximate surface area is 725 Å². The predicted molar refractivity (Wildman–Crippen MR) is 474 cm³/mol. The Morgan fingerprint density at radius 3 is 1.01 bits per heavy atom. The average Bonchev–Trinajstić information content (AvgIpc) is 0.862. The highest BCUT2D eigenvalue weighted by atomic mass is 32.2. The molecule has 0 saturated carbocycles. The topological polar surface area (TPSA) is 453 Å². The summed E-state index contributed by atoms with van der Waals surface area (Å²) in [5.74, 6) is -3.83. The summed E-state index contributed by atoms with van der Waals surface area (Å²) >= 11 is 0. The maximum atomic E-state index is 13.5. The van der Waals surface area contributed by atoms with Crippen LogP contribution in [0.4, 0.5) is 4.79 Å². The van der Waals surface area contributed by atoms with Gasteiger partial charge in [0.2, 0.25) is 45.5 Å². The number of hydrogen-bond acceptors (Lipinski definition) is 21. The molecule has 0 aromatic heterocycles. The number of carbonyl (C=O) groups is 8. The first kappa shape index (κ1) is 105. The van der Waals surface area contributed by atoms with Crippen molar-refractivity contribution in [2.45, 2.75) is 168 Å². The summed E-state index contributed by atoms with van der Waals surface area (Å²) in [5, 5.41) is 18.9. The number of benzene rings is 7. The first-order valence-corrected chi connectivity index (χ1v) is 47.3. The maximum absolute atomic E-state index is 13.5. The first-order valence-electron chi connectivity index (χ1n) is 40.9. The Bertz CT molecular complexity index is 4760. The maximum Gasteiger partial charge on any atom is 0.408 e. The molecule has 1 unspecified atom stereocenters. The molecule has 7 aromatic carbocycles. The summed E-state index contributed by atoms with van der Waals surface area (Å²) in [4.78, 5) is 101. The molecule has 0 spiro atoms. The van der Waals surface area contributed by atoms with Crippen LogP contribution in [-0.4, -0.2) is 191 Å². The number of nitrogens with two attached hydrogens (primary N) is 1. The number of alkyl carbamates (subject to hydrolysis) is 1. The average molecular weight is 1780 g/mol. The fourth-order valence-corrected chi connectivity index (χ4v) is 15.1. The number of rotatable bonds is 48. The SMILES string of the molecule is CC(C)COS(=O)(=O)CCCNC(=O)[C@@H](Cc1ccccc1)NC(=O)[C@H](Cc1ccccc1)NC(=O)OC(C)(C)C.CC(C)COS(=O)(=O)CCCNC(=O)[C@H](Cc1ccccc1)NC(=O)CCc1ccccc1.CCOC(=O)[C@H](Cc1ccccc1)NS(=O)(=O)CCCN.O=C(CCc1ccccc1)NC(Cc1ccccc1)C(=O)NCCS(=O)(=O)O. The lowest BCUT2D eigenvalue weighted by Crippen LogP contribution is -2.55. The van der Waals surface area contributed by atoms with E-state index in [2.05, 4.69) is 41.9 Å². The third-order valence-electron chi connectivity index (χ3n) is 17.4. The molecule has 11 N–H and O–H groups in total. The summed E-state index contributed by atoms with van der Waals surface area (Å²) in [6, 6.07) is 60.9. The van der Waals surface area contributed by atoms with Gasteiger partial charge in [-0.1, -0.05) is 240 Å². The van der Waals surface area contributed by atoms with Crippen LogP contribution in [0.3, 0.4) is 0 Å². The second kappa shape index (κ2) is 56.5. The van der Waals surface area contributed by atoms with Crippen molar-refractivity contribution >= 4 is 87.9 Å². The van der Waals surface area contributed by atoms with Crippen molar-refractivity contribution in [1.29, 1.82) is 0 Å². The monoisotopic (exact) mass is 1780 g/mol. The molecule has 0 heterocycles. The molecule has 0 aliphatic heterocycles. The van der Waals surface area contributed by atoms with E-state index in [4.69, 9.17) is 28.1 Å². The number of aryl methyl sites for hydroxylation is 2. The van der Waals surface area contributed by atoms with Crippen LogP contribution in [0.1, 0.15) is 126 Å². The van der Waals surface area contributed by atoms with E-state index >= 15 is 0 Å². The number of esters is 1. The summed E-state index contributed by atoms with van der Waals surface area (Å²) in [5.41, 5.74) is 10.9. The van der Waals surface area contributed by atoms with Gasteiger partial charge in [0.15, 0.2) is 0 Å². The fraction of sp³-hybridized carbons (Fsp3) is 0.438. The van der Waals surface area contributed by atoms with Gasteiger partial charge in [0.1, 0.15) is 35.8 Å². The van der Waals surface area contributed by atoms with E-state index in [9.17, 15) is 72.0 Å². The lowest BCUT2D eigenvalue weighted by molar-refractivity contribution is -0.145. The van der Waals surface area contributed by atoms with Crippen molar-refractivity contribution < 1.29 is 94.4 Å². The Hall–Kier alpha value is -10.3. The van der Waals surface area contributed by atoms with E-state index in [0.29, 0.717) is 25.7 Å². The molecular formula is C89H123N9O21S4. The van der Waals surface area contributed by atoms with Crippen LogP contribution in [0.25, 0.3) is 0 Å². The van der Waals surface area contributed by atoms with Gasteiger partial charge < -0.3 is 52.4 Å². The third-order valence-corrected chi connectivity index (χ3v) is 22.2. The van der Waals surface area contributed by atoms with Crippen LogP contribution in [0.5, 0.6) is 0 Å². The van der Waals surface area contributed by atoms with Crippen LogP contribution in [0.15, 0.2) is 212 Å². The van der Waals surface area contributed by atoms with E-state index in [1.54, 1.807) is 27.7 Å². The van der Waals surface area contributed by atoms with E-state index in [-0.39, 0.29) is 144 Å². The second-order valence-corrected chi connectivity index (χ2v) is 37.5. The molecule has 0 radical (unpaired) electrons. The molecule has 0 bridgehead atoms. The highest BCUT2D eigenvalue weighted by Gasteiger charge is 2.31. The number of ether oxygens (including phenoxy) is 2. The van der Waals surface area contributed by atoms with E-state index < -0.39 is 112 Å². The van der Waals surface area contributed by atoms with Crippen LogP contribution in [0.2, 0.25) is 0 Å². The van der Waals surface area contributed by atoms with Crippen LogP contribution < -0.4 is 47.7 Å². The lowest BCUT2D eigenvalue weighted by Gasteiger charge is -2.25. The van der Waals surface area contributed by atoms with Crippen molar-refractivity contribution in [3.05, 3.63) is 251 Å². The van der Waals surface area contributed by atoms with Crippen molar-refractivity contribution in [2.24, 2.45) is 17.6 Å². The zero-order chi connectivity index (χ0) is 90.7. The van der Waals surface area contributed by atoms with Crippen molar-refractivity contribution in [1.82, 2.24) is 41.9 Å². The molecule has 5 atom stereocenters. The van der Waals surface area contributed by atoms with Crippen LogP contribution in [0, 0.1) is 11.8 Å². The Kier molecular flexibility index (Phi) is 48.2. The van der Waals surface area contributed by atoms with Crippen molar-refractivity contribution in [2.75, 3.05) is 69.0 Å². The highest BCUT2D eigenvalue weighted by molar-refractivity contribution is 7.89. The number of carbonyl (C=O) groups excluding carboxylic acids is 8. The van der Waals surface area contributed by atoms with Gasteiger partial charge in [-0.15, -0.1) is 0 Å². The van der Waals surface area contributed by atoms with Crippen LogP contribution in [-0.2, 0) is 137 Å². The molecule has 7 amide bonds. The number of nitrogens with one attached hydrogen (secondary N) is 8. The van der Waals surface area contributed by atoms with E-state index in [1.807, 2.05) is 240 Å². The summed E-state index contributed by atoms with van der Waals surface area (Å²) in [7, 11) is -15.0. The zero-order valence-electron chi connectivity index (χ0n) is 71.3. The summed E-state index contributed by atoms with van der Waals surface area (Å²) < 4.78 is 125. The molecule has 674 valence electrons. The summed E-state index contributed by atoms with van der Waals surface area (Å²) in [6.07, 6.45) is 2.85. The minimum absolute atomic E-state index is 0.0716. The minimum Gasteiger partial charge on any atom is -0.465 e. The predicted octanol–water partition coefficient (Wildman–Crippen LogP) is 7.99. The molecule has 123 heavy (non-hydrogen) atoms. The molecule has 30 nitrogen and oxygen atoms in total. The normalized spacial score (nSPS) is 12.7. The summed E-state index contributed by atoms with van der Waals surface area (Å²) in [6.45, 7) is 15.0. The Balaban J connectivity index is 0.000000353. The van der Waals surface area contributed by atoms with Gasteiger partial charge in [-0.3, -0.25) is 46.5 Å².